The van der Waals surface area contributed by atoms with Crippen molar-refractivity contribution >= 4 is 52.4 Å². The highest BCUT2D eigenvalue weighted by Crippen LogP contribution is 2.21. The summed E-state index contributed by atoms with van der Waals surface area (Å²) in [6, 6.07) is 11.0. The van der Waals surface area contributed by atoms with Gasteiger partial charge in [0.15, 0.2) is 6.61 Å². The first kappa shape index (κ1) is 20.5. The molecule has 0 unspecified atom stereocenters. The molecule has 0 aromatic heterocycles. The van der Waals surface area contributed by atoms with E-state index >= 15 is 0 Å². The summed E-state index contributed by atoms with van der Waals surface area (Å²) in [6.45, 7) is -0.743. The Balaban J connectivity index is 1.84. The predicted molar refractivity (Wildman–Crippen MR) is 104 cm³/mol. The molecule has 0 aliphatic rings. The van der Waals surface area contributed by atoms with Gasteiger partial charge in [0.25, 0.3) is 5.91 Å². The Morgan fingerprint density at radius 2 is 1.81 bits per heavy atom. The van der Waals surface area contributed by atoms with Crippen LogP contribution >= 0.6 is 23.2 Å². The minimum absolute atomic E-state index is 0.170. The number of anilines is 2. The van der Waals surface area contributed by atoms with Crippen molar-refractivity contribution in [2.75, 3.05) is 31.2 Å². The van der Waals surface area contributed by atoms with Gasteiger partial charge in [-0.15, -0.1) is 0 Å². The summed E-state index contributed by atoms with van der Waals surface area (Å²) in [5, 5.41) is 3.30. The standard InChI is InChI=1S/C18H17Cl2N3O4/c1-23(9-16(24)22-15-5-3-2-4-13(15)20)17(25)10-27-18(26)11-6-7-12(19)14(21)8-11/h2-8H,9-10,21H2,1H3,(H,22,24). The Morgan fingerprint density at radius 3 is 2.48 bits per heavy atom. The van der Waals surface area contributed by atoms with Crippen LogP contribution in [0.1, 0.15) is 10.4 Å². The second-order valence-corrected chi connectivity index (χ2v) is 6.40. The number of carbonyl (C=O) groups excluding carboxylic acids is 3. The van der Waals surface area contributed by atoms with E-state index in [1.54, 1.807) is 24.3 Å². The van der Waals surface area contributed by atoms with Gasteiger partial charge in [0, 0.05) is 7.05 Å². The summed E-state index contributed by atoms with van der Waals surface area (Å²) < 4.78 is 4.94. The first-order chi connectivity index (χ1) is 12.8. The van der Waals surface area contributed by atoms with Crippen LogP contribution in [-0.2, 0) is 14.3 Å². The van der Waals surface area contributed by atoms with Gasteiger partial charge in [0.05, 0.1) is 33.5 Å². The Labute approximate surface area is 166 Å². The Hall–Kier alpha value is -2.77. The molecular weight excluding hydrogens is 393 g/mol. The largest absolute Gasteiger partial charge is 0.452 e. The number of hydrogen-bond donors (Lipinski definition) is 2. The fourth-order valence-corrected chi connectivity index (χ4v) is 2.35. The second-order valence-electron chi connectivity index (χ2n) is 5.59. The van der Waals surface area contributed by atoms with Gasteiger partial charge in [-0.1, -0.05) is 35.3 Å². The van der Waals surface area contributed by atoms with Crippen LogP contribution in [0.2, 0.25) is 10.0 Å². The molecule has 0 heterocycles. The average Bonchev–Trinajstić information content (AvgIpc) is 2.63. The number of ether oxygens (including phenoxy) is 1. The number of nitrogens with two attached hydrogens (primary N) is 1. The maximum absolute atomic E-state index is 12.1. The molecule has 2 aromatic carbocycles. The lowest BCUT2D eigenvalue weighted by Crippen LogP contribution is -2.37. The summed E-state index contributed by atoms with van der Waals surface area (Å²) in [6.07, 6.45) is 0. The van der Waals surface area contributed by atoms with Gasteiger partial charge in [0.2, 0.25) is 5.91 Å². The van der Waals surface area contributed by atoms with Crippen LogP contribution in [0.5, 0.6) is 0 Å². The summed E-state index contributed by atoms with van der Waals surface area (Å²) in [7, 11) is 1.42. The van der Waals surface area contributed by atoms with Crippen LogP contribution in [0, 0.1) is 0 Å². The number of nitrogens with zero attached hydrogens (tertiary/aromatic N) is 1. The zero-order valence-electron chi connectivity index (χ0n) is 14.4. The third-order valence-corrected chi connectivity index (χ3v) is 4.19. The number of halogens is 2. The molecule has 0 spiro atoms. The van der Waals surface area contributed by atoms with Crippen molar-refractivity contribution in [1.29, 1.82) is 0 Å². The molecule has 0 atom stereocenters. The van der Waals surface area contributed by atoms with E-state index in [0.717, 1.165) is 4.90 Å². The summed E-state index contributed by atoms with van der Waals surface area (Å²) in [5.41, 5.74) is 6.46. The first-order valence-electron chi connectivity index (χ1n) is 7.78. The van der Waals surface area contributed by atoms with E-state index in [2.05, 4.69) is 5.32 Å². The minimum Gasteiger partial charge on any atom is -0.452 e. The Morgan fingerprint density at radius 1 is 1.11 bits per heavy atom. The fraction of sp³-hybridized carbons (Fsp3) is 0.167. The van der Waals surface area contributed by atoms with Gasteiger partial charge >= 0.3 is 5.97 Å². The molecule has 0 aliphatic heterocycles. The number of para-hydroxylation sites is 1. The third kappa shape index (κ3) is 5.87. The highest BCUT2D eigenvalue weighted by molar-refractivity contribution is 6.33. The highest BCUT2D eigenvalue weighted by atomic mass is 35.5. The molecule has 3 N–H and O–H groups in total. The fourth-order valence-electron chi connectivity index (χ4n) is 2.05. The number of esters is 1. The number of nitrogen functional groups attached to an aromatic ring is 1. The first-order valence-corrected chi connectivity index (χ1v) is 8.54. The van der Waals surface area contributed by atoms with Crippen molar-refractivity contribution in [2.24, 2.45) is 0 Å². The van der Waals surface area contributed by atoms with Crippen LogP contribution in [0.15, 0.2) is 42.5 Å². The van der Waals surface area contributed by atoms with Crippen LogP contribution in [0.3, 0.4) is 0 Å². The smallest absolute Gasteiger partial charge is 0.338 e. The molecule has 0 fully saturated rings. The quantitative estimate of drug-likeness (QED) is 0.563. The summed E-state index contributed by atoms with van der Waals surface area (Å²) in [4.78, 5) is 37.1. The molecule has 0 saturated heterocycles. The van der Waals surface area contributed by atoms with Crippen LogP contribution in [-0.4, -0.2) is 42.9 Å². The normalized spacial score (nSPS) is 10.2. The maximum atomic E-state index is 12.1. The number of nitrogens with one attached hydrogen (secondary N) is 1. The van der Waals surface area contributed by atoms with Gasteiger partial charge in [-0.05, 0) is 30.3 Å². The lowest BCUT2D eigenvalue weighted by atomic mass is 10.2. The van der Waals surface area contributed by atoms with E-state index in [-0.39, 0.29) is 17.8 Å². The van der Waals surface area contributed by atoms with E-state index in [1.807, 2.05) is 0 Å². The SMILES string of the molecule is CN(CC(=O)Nc1ccccc1Cl)C(=O)COC(=O)c1ccc(Cl)c(N)c1. The molecule has 2 rings (SSSR count). The number of amides is 2. The van der Waals surface area contributed by atoms with E-state index in [4.69, 9.17) is 33.7 Å². The molecule has 7 nitrogen and oxygen atoms in total. The lowest BCUT2D eigenvalue weighted by Gasteiger charge is -2.17. The van der Waals surface area contributed by atoms with Crippen LogP contribution in [0.4, 0.5) is 11.4 Å². The molecule has 142 valence electrons. The Kier molecular flexibility index (Phi) is 7.04. The molecule has 0 aliphatic carbocycles. The maximum Gasteiger partial charge on any atom is 0.338 e. The summed E-state index contributed by atoms with van der Waals surface area (Å²) >= 11 is 11.7. The van der Waals surface area contributed by atoms with Gasteiger partial charge in [-0.25, -0.2) is 4.79 Å². The van der Waals surface area contributed by atoms with E-state index < -0.39 is 24.4 Å². The van der Waals surface area contributed by atoms with Crippen molar-refractivity contribution in [2.45, 2.75) is 0 Å². The number of carbonyl (C=O) groups is 3. The van der Waals surface area contributed by atoms with Gasteiger partial charge < -0.3 is 20.7 Å². The van der Waals surface area contributed by atoms with Gasteiger partial charge in [-0.2, -0.15) is 0 Å². The van der Waals surface area contributed by atoms with Crippen molar-refractivity contribution in [3.63, 3.8) is 0 Å². The van der Waals surface area contributed by atoms with Crippen molar-refractivity contribution in [3.05, 3.63) is 58.1 Å². The molecule has 2 amide bonds. The lowest BCUT2D eigenvalue weighted by molar-refractivity contribution is -0.136. The monoisotopic (exact) mass is 409 g/mol. The van der Waals surface area contributed by atoms with E-state index in [0.29, 0.717) is 15.7 Å². The Bertz CT molecular complexity index is 873. The van der Waals surface area contributed by atoms with Gasteiger partial charge in [0.1, 0.15) is 0 Å². The van der Waals surface area contributed by atoms with Crippen LogP contribution in [0.25, 0.3) is 0 Å². The molecular formula is C18H17Cl2N3O4. The zero-order valence-corrected chi connectivity index (χ0v) is 15.9. The number of likely N-dealkylation sites (N-methyl/N-ethyl adjacent to an activating group) is 1. The molecule has 2 aromatic rings. The highest BCUT2D eigenvalue weighted by Gasteiger charge is 2.17. The molecule has 9 heteroatoms. The van der Waals surface area contributed by atoms with E-state index in [9.17, 15) is 14.4 Å². The number of benzene rings is 2. The minimum atomic E-state index is -0.722. The van der Waals surface area contributed by atoms with Crippen LogP contribution < -0.4 is 11.1 Å². The number of hydrogen-bond acceptors (Lipinski definition) is 5. The summed E-state index contributed by atoms with van der Waals surface area (Å²) in [5.74, 6) is -1.70. The van der Waals surface area contributed by atoms with E-state index in [1.165, 1.54) is 25.2 Å². The number of rotatable bonds is 6. The van der Waals surface area contributed by atoms with Gasteiger partial charge in [-0.3, -0.25) is 9.59 Å². The topological polar surface area (TPSA) is 102 Å². The second kappa shape index (κ2) is 9.25. The molecule has 27 heavy (non-hydrogen) atoms. The molecule has 0 bridgehead atoms. The third-order valence-electron chi connectivity index (χ3n) is 3.51. The van der Waals surface area contributed by atoms with Crippen molar-refractivity contribution in [1.82, 2.24) is 4.90 Å². The molecule has 0 saturated carbocycles. The molecule has 0 radical (unpaired) electrons. The zero-order chi connectivity index (χ0) is 20.0. The average molecular weight is 410 g/mol. The van der Waals surface area contributed by atoms with Crippen molar-refractivity contribution < 1.29 is 19.1 Å². The van der Waals surface area contributed by atoms with Crippen molar-refractivity contribution in [3.8, 4) is 0 Å². The predicted octanol–water partition coefficient (Wildman–Crippen LogP) is 2.83.